The largest absolute Gasteiger partial charge is 0.462 e. The zero-order valence-corrected chi connectivity index (χ0v) is 48.9. The van der Waals surface area contributed by atoms with Gasteiger partial charge >= 0.3 is 17.9 Å². The molecular weight excluding hydrogens is 877 g/mol. The van der Waals surface area contributed by atoms with Crippen molar-refractivity contribution in [2.75, 3.05) is 13.2 Å². The Morgan fingerprint density at radius 3 is 0.732 bits per heavy atom. The molecule has 0 aromatic carbocycles. The summed E-state index contributed by atoms with van der Waals surface area (Å²) in [4.78, 5) is 38.3. The fraction of sp³-hybridized carbons (Fsp3) is 0.954. The summed E-state index contributed by atoms with van der Waals surface area (Å²) in [7, 11) is 0. The van der Waals surface area contributed by atoms with Crippen LogP contribution in [0.2, 0.25) is 0 Å². The van der Waals surface area contributed by atoms with Gasteiger partial charge in [-0.1, -0.05) is 330 Å². The Labute approximate surface area is 444 Å². The van der Waals surface area contributed by atoms with Crippen LogP contribution in [0.5, 0.6) is 0 Å². The van der Waals surface area contributed by atoms with Crippen molar-refractivity contribution < 1.29 is 28.6 Å². The molecular formula is C65H126O6. The molecule has 71 heavy (non-hydrogen) atoms. The summed E-state index contributed by atoms with van der Waals surface area (Å²) >= 11 is 0. The standard InChI is InChI=1S/C65H126O6/c1-6-9-10-11-12-13-14-15-16-17-18-25-30-35-40-45-50-55-63(66)69-58-62(71-65(68)57-52-47-42-37-32-27-22-20-24-29-34-39-44-49-54-61(5)8-3)59-70-64(67)56-51-46-41-36-31-26-21-19-23-28-33-38-43-48-53-60(4)7-2/h60-62H,6-59H2,1-5H3/t60?,61?,62-/m1/s1. The van der Waals surface area contributed by atoms with Gasteiger partial charge in [0.1, 0.15) is 13.2 Å². The highest BCUT2D eigenvalue weighted by atomic mass is 16.6. The molecule has 0 radical (unpaired) electrons. The Balaban J connectivity index is 4.30. The monoisotopic (exact) mass is 1000 g/mol. The highest BCUT2D eigenvalue weighted by Gasteiger charge is 2.19. The molecule has 0 heterocycles. The van der Waals surface area contributed by atoms with E-state index in [4.69, 9.17) is 14.2 Å². The van der Waals surface area contributed by atoms with Crippen LogP contribution in [0.15, 0.2) is 0 Å². The summed E-state index contributed by atoms with van der Waals surface area (Å²) in [6, 6.07) is 0. The van der Waals surface area contributed by atoms with E-state index in [-0.39, 0.29) is 31.1 Å². The van der Waals surface area contributed by atoms with Gasteiger partial charge < -0.3 is 14.2 Å². The van der Waals surface area contributed by atoms with E-state index in [2.05, 4.69) is 34.6 Å². The van der Waals surface area contributed by atoms with E-state index >= 15 is 0 Å². The third-order valence-corrected chi connectivity index (χ3v) is 15.7. The van der Waals surface area contributed by atoms with Gasteiger partial charge in [0.25, 0.3) is 0 Å². The first-order chi connectivity index (χ1) is 34.8. The maximum Gasteiger partial charge on any atom is 0.306 e. The number of esters is 3. The fourth-order valence-electron chi connectivity index (χ4n) is 10.0. The zero-order valence-electron chi connectivity index (χ0n) is 48.9. The van der Waals surface area contributed by atoms with Crippen molar-refractivity contribution in [1.29, 1.82) is 0 Å². The van der Waals surface area contributed by atoms with Crippen molar-refractivity contribution in [2.24, 2.45) is 11.8 Å². The van der Waals surface area contributed by atoms with Gasteiger partial charge in [-0.05, 0) is 31.1 Å². The van der Waals surface area contributed by atoms with Crippen molar-refractivity contribution in [1.82, 2.24) is 0 Å². The van der Waals surface area contributed by atoms with Crippen LogP contribution >= 0.6 is 0 Å². The lowest BCUT2D eigenvalue weighted by molar-refractivity contribution is -0.167. The van der Waals surface area contributed by atoms with Crippen LogP contribution in [0, 0.1) is 11.8 Å². The number of carbonyl (C=O) groups is 3. The van der Waals surface area contributed by atoms with Gasteiger partial charge in [0.15, 0.2) is 6.10 Å². The average molecular weight is 1000 g/mol. The molecule has 0 rings (SSSR count). The maximum atomic E-state index is 12.9. The van der Waals surface area contributed by atoms with Crippen LogP contribution in [0.25, 0.3) is 0 Å². The summed E-state index contributed by atoms with van der Waals surface area (Å²) in [5, 5.41) is 0. The van der Waals surface area contributed by atoms with E-state index in [0.717, 1.165) is 69.6 Å². The minimum Gasteiger partial charge on any atom is -0.462 e. The van der Waals surface area contributed by atoms with E-state index in [1.54, 1.807) is 0 Å². The third kappa shape index (κ3) is 56.0. The summed E-state index contributed by atoms with van der Waals surface area (Å²) in [6.07, 6.45) is 63.7. The van der Waals surface area contributed by atoms with Crippen molar-refractivity contribution in [3.8, 4) is 0 Å². The van der Waals surface area contributed by atoms with Crippen molar-refractivity contribution >= 4 is 17.9 Å². The molecule has 0 aromatic rings. The Hall–Kier alpha value is -1.59. The molecule has 0 aliphatic rings. The van der Waals surface area contributed by atoms with E-state index < -0.39 is 6.10 Å². The molecule has 0 N–H and O–H groups in total. The lowest BCUT2D eigenvalue weighted by Gasteiger charge is -2.18. The summed E-state index contributed by atoms with van der Waals surface area (Å²) in [5.74, 6) is 0.960. The summed E-state index contributed by atoms with van der Waals surface area (Å²) < 4.78 is 17.0. The van der Waals surface area contributed by atoms with Gasteiger partial charge in [0.2, 0.25) is 0 Å². The lowest BCUT2D eigenvalue weighted by Crippen LogP contribution is -2.30. The molecule has 0 aliphatic heterocycles. The molecule has 0 fully saturated rings. The number of ether oxygens (including phenoxy) is 3. The zero-order chi connectivity index (χ0) is 51.8. The molecule has 2 unspecified atom stereocenters. The number of hydrogen-bond donors (Lipinski definition) is 0. The molecule has 0 aliphatic carbocycles. The van der Waals surface area contributed by atoms with Crippen molar-refractivity contribution in [3.63, 3.8) is 0 Å². The van der Waals surface area contributed by atoms with Crippen LogP contribution in [0.1, 0.15) is 369 Å². The summed E-state index contributed by atoms with van der Waals surface area (Å²) in [6.45, 7) is 11.5. The van der Waals surface area contributed by atoms with Crippen LogP contribution in [-0.2, 0) is 28.6 Å². The predicted molar refractivity (Wildman–Crippen MR) is 307 cm³/mol. The van der Waals surface area contributed by atoms with E-state index in [1.165, 1.54) is 257 Å². The van der Waals surface area contributed by atoms with Gasteiger partial charge in [0.05, 0.1) is 0 Å². The van der Waals surface area contributed by atoms with Crippen LogP contribution in [0.4, 0.5) is 0 Å². The highest BCUT2D eigenvalue weighted by Crippen LogP contribution is 2.20. The Kier molecular flexibility index (Phi) is 56.4. The van der Waals surface area contributed by atoms with Gasteiger partial charge in [-0.3, -0.25) is 14.4 Å². The van der Waals surface area contributed by atoms with Crippen LogP contribution in [-0.4, -0.2) is 37.2 Å². The maximum absolute atomic E-state index is 12.9. The average Bonchev–Trinajstić information content (AvgIpc) is 3.37. The van der Waals surface area contributed by atoms with Crippen molar-refractivity contribution in [2.45, 2.75) is 375 Å². The number of rotatable bonds is 59. The van der Waals surface area contributed by atoms with Crippen molar-refractivity contribution in [3.05, 3.63) is 0 Å². The smallest absolute Gasteiger partial charge is 0.306 e. The molecule has 0 aromatic heterocycles. The molecule has 422 valence electrons. The molecule has 0 bridgehead atoms. The summed E-state index contributed by atoms with van der Waals surface area (Å²) in [5.41, 5.74) is 0. The molecule has 3 atom stereocenters. The molecule has 0 saturated carbocycles. The molecule has 0 spiro atoms. The van der Waals surface area contributed by atoms with Gasteiger partial charge in [-0.15, -0.1) is 0 Å². The quantitative estimate of drug-likeness (QED) is 0.0343. The normalized spacial score (nSPS) is 12.8. The highest BCUT2D eigenvalue weighted by molar-refractivity contribution is 5.71. The second-order valence-electron chi connectivity index (χ2n) is 22.9. The van der Waals surface area contributed by atoms with E-state index in [1.807, 2.05) is 0 Å². The lowest BCUT2D eigenvalue weighted by atomic mass is 9.99. The third-order valence-electron chi connectivity index (χ3n) is 15.7. The van der Waals surface area contributed by atoms with Crippen LogP contribution in [0.3, 0.4) is 0 Å². The van der Waals surface area contributed by atoms with E-state index in [0.29, 0.717) is 19.3 Å². The Bertz CT molecular complexity index is 1090. The first-order valence-corrected chi connectivity index (χ1v) is 32.3. The number of carbonyl (C=O) groups excluding carboxylic acids is 3. The second kappa shape index (κ2) is 57.7. The number of hydrogen-bond acceptors (Lipinski definition) is 6. The fourth-order valence-corrected chi connectivity index (χ4v) is 10.0. The Morgan fingerprint density at radius 1 is 0.282 bits per heavy atom. The first-order valence-electron chi connectivity index (χ1n) is 32.3. The van der Waals surface area contributed by atoms with Gasteiger partial charge in [-0.25, -0.2) is 0 Å². The van der Waals surface area contributed by atoms with Crippen LogP contribution < -0.4 is 0 Å². The minimum atomic E-state index is -0.764. The van der Waals surface area contributed by atoms with E-state index in [9.17, 15) is 14.4 Å². The molecule has 6 heteroatoms. The molecule has 0 saturated heterocycles. The molecule has 6 nitrogen and oxygen atoms in total. The SMILES string of the molecule is CCCCCCCCCCCCCCCCCCCC(=O)OC[C@H](COC(=O)CCCCCCCCCCCCCCCCC(C)CC)OC(=O)CCCCCCCCCCCCCCCCC(C)CC. The topological polar surface area (TPSA) is 78.9 Å². The predicted octanol–water partition coefficient (Wildman–Crippen LogP) is 21.6. The number of unbranched alkanes of at least 4 members (excludes halogenated alkanes) is 42. The van der Waals surface area contributed by atoms with Gasteiger partial charge in [0, 0.05) is 19.3 Å². The Morgan fingerprint density at radius 2 is 0.493 bits per heavy atom. The first kappa shape index (κ1) is 69.4. The second-order valence-corrected chi connectivity index (χ2v) is 22.9. The molecule has 0 amide bonds. The minimum absolute atomic E-state index is 0.0618. The van der Waals surface area contributed by atoms with Gasteiger partial charge in [-0.2, -0.15) is 0 Å².